The van der Waals surface area contributed by atoms with Crippen molar-refractivity contribution >= 4 is 0 Å². The van der Waals surface area contributed by atoms with E-state index in [0.717, 1.165) is 13.0 Å². The van der Waals surface area contributed by atoms with Crippen molar-refractivity contribution < 1.29 is 5.11 Å². The summed E-state index contributed by atoms with van der Waals surface area (Å²) in [5.74, 6) is 0.353. The van der Waals surface area contributed by atoms with Crippen LogP contribution in [0.4, 0.5) is 0 Å². The summed E-state index contributed by atoms with van der Waals surface area (Å²) in [7, 11) is 0. The second kappa shape index (κ2) is 6.02. The normalized spacial score (nSPS) is 15.1. The third-order valence-electron chi connectivity index (χ3n) is 3.21. The van der Waals surface area contributed by atoms with Crippen LogP contribution in [0.25, 0.3) is 0 Å². The lowest BCUT2D eigenvalue weighted by Crippen LogP contribution is -2.50. The van der Waals surface area contributed by atoms with Crippen LogP contribution < -0.4 is 5.32 Å². The summed E-state index contributed by atoms with van der Waals surface area (Å²) in [6, 6.07) is 10.2. The standard InChI is InChI=1S/C14H23NO/c1-4-10-15-14(11-16,12(2)3)13-8-6-5-7-9-13/h5-9,12,15-16H,4,10-11H2,1-3H3. The van der Waals surface area contributed by atoms with E-state index in [2.05, 4.69) is 38.2 Å². The molecule has 1 aromatic rings. The monoisotopic (exact) mass is 221 g/mol. The summed E-state index contributed by atoms with van der Waals surface area (Å²) in [6.45, 7) is 7.49. The maximum absolute atomic E-state index is 9.76. The van der Waals surface area contributed by atoms with Gasteiger partial charge < -0.3 is 10.4 Å². The van der Waals surface area contributed by atoms with Gasteiger partial charge in [-0.05, 0) is 24.4 Å². The third kappa shape index (κ3) is 2.63. The molecule has 1 rings (SSSR count). The lowest BCUT2D eigenvalue weighted by atomic mass is 9.80. The van der Waals surface area contributed by atoms with E-state index in [4.69, 9.17) is 0 Å². The van der Waals surface area contributed by atoms with Crippen molar-refractivity contribution in [1.82, 2.24) is 5.32 Å². The zero-order valence-electron chi connectivity index (χ0n) is 10.5. The number of hydrogen-bond donors (Lipinski definition) is 2. The highest BCUT2D eigenvalue weighted by atomic mass is 16.3. The molecule has 2 heteroatoms. The topological polar surface area (TPSA) is 32.3 Å². The fourth-order valence-corrected chi connectivity index (χ4v) is 2.05. The first-order valence-electron chi connectivity index (χ1n) is 6.08. The highest BCUT2D eigenvalue weighted by molar-refractivity contribution is 5.25. The van der Waals surface area contributed by atoms with Gasteiger partial charge in [0.05, 0.1) is 12.1 Å². The largest absolute Gasteiger partial charge is 0.394 e. The van der Waals surface area contributed by atoms with Crippen molar-refractivity contribution in [3.05, 3.63) is 35.9 Å². The Labute approximate surface area is 98.7 Å². The molecule has 0 saturated heterocycles. The van der Waals surface area contributed by atoms with Gasteiger partial charge >= 0.3 is 0 Å². The predicted molar refractivity (Wildman–Crippen MR) is 68.3 cm³/mol. The van der Waals surface area contributed by atoms with Gasteiger partial charge in [-0.2, -0.15) is 0 Å². The van der Waals surface area contributed by atoms with Crippen LogP contribution in [0.2, 0.25) is 0 Å². The Balaban J connectivity index is 3.02. The molecule has 1 unspecified atom stereocenters. The van der Waals surface area contributed by atoms with E-state index < -0.39 is 0 Å². The van der Waals surface area contributed by atoms with Crippen LogP contribution in [-0.2, 0) is 5.54 Å². The van der Waals surface area contributed by atoms with Gasteiger partial charge in [0.2, 0.25) is 0 Å². The van der Waals surface area contributed by atoms with E-state index >= 15 is 0 Å². The van der Waals surface area contributed by atoms with Crippen LogP contribution in [0.3, 0.4) is 0 Å². The SMILES string of the molecule is CCCNC(CO)(c1ccccc1)C(C)C. The Kier molecular flexibility index (Phi) is 4.97. The maximum Gasteiger partial charge on any atom is 0.0692 e. The Morgan fingerprint density at radius 1 is 1.25 bits per heavy atom. The minimum Gasteiger partial charge on any atom is -0.394 e. The lowest BCUT2D eigenvalue weighted by molar-refractivity contribution is 0.117. The molecule has 0 bridgehead atoms. The fraction of sp³-hybridized carbons (Fsp3) is 0.571. The zero-order valence-corrected chi connectivity index (χ0v) is 10.5. The minimum atomic E-state index is -0.308. The number of benzene rings is 1. The van der Waals surface area contributed by atoms with Crippen molar-refractivity contribution in [3.8, 4) is 0 Å². The molecule has 0 aliphatic rings. The van der Waals surface area contributed by atoms with Crippen LogP contribution >= 0.6 is 0 Å². The highest BCUT2D eigenvalue weighted by Crippen LogP contribution is 2.29. The van der Waals surface area contributed by atoms with E-state index in [0.29, 0.717) is 5.92 Å². The van der Waals surface area contributed by atoms with E-state index in [9.17, 15) is 5.11 Å². The second-order valence-corrected chi connectivity index (χ2v) is 4.58. The minimum absolute atomic E-state index is 0.134. The van der Waals surface area contributed by atoms with Gasteiger partial charge in [-0.25, -0.2) is 0 Å². The third-order valence-corrected chi connectivity index (χ3v) is 3.21. The molecule has 0 saturated carbocycles. The Morgan fingerprint density at radius 2 is 1.88 bits per heavy atom. The van der Waals surface area contributed by atoms with Crippen LogP contribution in [0.1, 0.15) is 32.8 Å². The summed E-state index contributed by atoms with van der Waals surface area (Å²) in [4.78, 5) is 0. The van der Waals surface area contributed by atoms with Gasteiger partial charge in [0, 0.05) is 0 Å². The first-order valence-corrected chi connectivity index (χ1v) is 6.08. The second-order valence-electron chi connectivity index (χ2n) is 4.58. The molecule has 0 amide bonds. The van der Waals surface area contributed by atoms with Crippen LogP contribution in [0.5, 0.6) is 0 Å². The summed E-state index contributed by atoms with van der Waals surface area (Å²) in [6.07, 6.45) is 1.07. The molecule has 1 aromatic carbocycles. The number of rotatable bonds is 6. The van der Waals surface area contributed by atoms with E-state index in [-0.39, 0.29) is 12.1 Å². The van der Waals surface area contributed by atoms with Gasteiger partial charge in [0.15, 0.2) is 0 Å². The summed E-state index contributed by atoms with van der Waals surface area (Å²) in [5, 5.41) is 13.3. The van der Waals surface area contributed by atoms with Gasteiger partial charge in [0.1, 0.15) is 0 Å². The van der Waals surface area contributed by atoms with E-state index in [1.807, 2.05) is 18.2 Å². The first-order chi connectivity index (χ1) is 7.67. The van der Waals surface area contributed by atoms with Crippen molar-refractivity contribution in [3.63, 3.8) is 0 Å². The molecule has 16 heavy (non-hydrogen) atoms. The molecule has 90 valence electrons. The Bertz CT molecular complexity index is 297. The molecule has 0 heterocycles. The summed E-state index contributed by atoms with van der Waals surface area (Å²) in [5.41, 5.74) is 0.859. The molecule has 0 radical (unpaired) electrons. The smallest absolute Gasteiger partial charge is 0.0692 e. The quantitative estimate of drug-likeness (QED) is 0.773. The molecule has 0 fully saturated rings. The average molecular weight is 221 g/mol. The van der Waals surface area contributed by atoms with E-state index in [1.165, 1.54) is 5.56 Å². The van der Waals surface area contributed by atoms with Gasteiger partial charge in [-0.1, -0.05) is 51.1 Å². The Hall–Kier alpha value is -0.860. The van der Waals surface area contributed by atoms with Crippen LogP contribution in [0, 0.1) is 5.92 Å². The molecule has 0 aliphatic heterocycles. The maximum atomic E-state index is 9.76. The van der Waals surface area contributed by atoms with Crippen molar-refractivity contribution in [2.45, 2.75) is 32.7 Å². The molecular weight excluding hydrogens is 198 g/mol. The number of aliphatic hydroxyl groups excluding tert-OH is 1. The fourth-order valence-electron chi connectivity index (χ4n) is 2.05. The lowest BCUT2D eigenvalue weighted by Gasteiger charge is -2.37. The number of aliphatic hydroxyl groups is 1. The zero-order chi connectivity index (χ0) is 12.0. The summed E-state index contributed by atoms with van der Waals surface area (Å²) >= 11 is 0. The van der Waals surface area contributed by atoms with Gasteiger partial charge in [-0.3, -0.25) is 0 Å². The molecule has 0 spiro atoms. The molecule has 2 nitrogen and oxygen atoms in total. The van der Waals surface area contributed by atoms with Crippen molar-refractivity contribution in [2.75, 3.05) is 13.2 Å². The predicted octanol–water partition coefficient (Wildman–Crippen LogP) is 2.53. The Morgan fingerprint density at radius 3 is 2.31 bits per heavy atom. The first kappa shape index (κ1) is 13.2. The van der Waals surface area contributed by atoms with E-state index in [1.54, 1.807) is 0 Å². The highest BCUT2D eigenvalue weighted by Gasteiger charge is 2.33. The van der Waals surface area contributed by atoms with Crippen molar-refractivity contribution in [1.29, 1.82) is 0 Å². The molecule has 1 atom stereocenters. The van der Waals surface area contributed by atoms with Gasteiger partial charge in [-0.15, -0.1) is 0 Å². The average Bonchev–Trinajstić information content (AvgIpc) is 2.31. The van der Waals surface area contributed by atoms with Crippen LogP contribution in [-0.4, -0.2) is 18.3 Å². The summed E-state index contributed by atoms with van der Waals surface area (Å²) < 4.78 is 0. The molecule has 2 N–H and O–H groups in total. The van der Waals surface area contributed by atoms with Crippen LogP contribution in [0.15, 0.2) is 30.3 Å². The molecule has 0 aliphatic carbocycles. The van der Waals surface area contributed by atoms with Crippen molar-refractivity contribution in [2.24, 2.45) is 5.92 Å². The molecular formula is C14H23NO. The van der Waals surface area contributed by atoms with Gasteiger partial charge in [0.25, 0.3) is 0 Å². The molecule has 0 aromatic heterocycles. The number of hydrogen-bond acceptors (Lipinski definition) is 2. The number of nitrogens with one attached hydrogen (secondary N) is 1.